The standard InChI is InChI=1S/C41H24N4/c1-2-11-25(12-3-1)44-37-21-20-26(23-31(37)29-16-10-22-42-41(29)44)43-34-17-7-4-13-27(34)32-24-33-28-14-5-8-18-35(28)45-36-19-9-6-15-30(36)38(39(32)43)40(33)45/h1-24H. The lowest BCUT2D eigenvalue weighted by Gasteiger charge is -2.11. The molecule has 5 heterocycles. The SMILES string of the molecule is c1ccc(-n2c3ccc(-n4c5ccccc5c5cc6c7ccccc7n7c8ccccc8c(c54)c67)cc3c3cccnc32)cc1. The summed E-state index contributed by atoms with van der Waals surface area (Å²) in [5.74, 6) is 0. The second-order valence-electron chi connectivity index (χ2n) is 12.0. The molecule has 11 aromatic rings. The van der Waals surface area contributed by atoms with E-state index in [0.29, 0.717) is 0 Å². The number of rotatable bonds is 2. The molecular formula is C41H24N4. The van der Waals surface area contributed by atoms with Gasteiger partial charge in [-0.1, -0.05) is 72.8 Å². The van der Waals surface area contributed by atoms with Crippen LogP contribution < -0.4 is 0 Å². The predicted molar refractivity (Wildman–Crippen MR) is 188 cm³/mol. The maximum absolute atomic E-state index is 4.85. The van der Waals surface area contributed by atoms with E-state index in [9.17, 15) is 0 Å². The van der Waals surface area contributed by atoms with Crippen molar-refractivity contribution >= 4 is 81.8 Å². The van der Waals surface area contributed by atoms with E-state index in [2.05, 4.69) is 147 Å². The molecule has 0 saturated heterocycles. The van der Waals surface area contributed by atoms with Crippen molar-refractivity contribution in [2.45, 2.75) is 0 Å². The van der Waals surface area contributed by atoms with E-state index in [1.807, 2.05) is 12.3 Å². The molecule has 4 nitrogen and oxygen atoms in total. The Morgan fingerprint density at radius 2 is 1.00 bits per heavy atom. The molecule has 45 heavy (non-hydrogen) atoms. The topological polar surface area (TPSA) is 27.2 Å². The molecule has 0 spiro atoms. The molecule has 5 aromatic heterocycles. The van der Waals surface area contributed by atoms with Gasteiger partial charge in [-0.2, -0.15) is 0 Å². The molecule has 0 saturated carbocycles. The van der Waals surface area contributed by atoms with Gasteiger partial charge in [0.15, 0.2) is 0 Å². The zero-order chi connectivity index (χ0) is 29.2. The van der Waals surface area contributed by atoms with E-state index >= 15 is 0 Å². The third kappa shape index (κ3) is 2.84. The Morgan fingerprint density at radius 3 is 1.82 bits per heavy atom. The summed E-state index contributed by atoms with van der Waals surface area (Å²) in [6.45, 7) is 0. The van der Waals surface area contributed by atoms with Gasteiger partial charge in [0.1, 0.15) is 5.65 Å². The minimum absolute atomic E-state index is 0.969. The fourth-order valence-electron chi connectivity index (χ4n) is 8.04. The summed E-state index contributed by atoms with van der Waals surface area (Å²) in [7, 11) is 0. The molecule has 0 aliphatic carbocycles. The quantitative estimate of drug-likeness (QED) is 0.202. The molecule has 11 rings (SSSR count). The van der Waals surface area contributed by atoms with Crippen molar-refractivity contribution in [3.8, 4) is 11.4 Å². The zero-order valence-electron chi connectivity index (χ0n) is 24.1. The van der Waals surface area contributed by atoms with E-state index < -0.39 is 0 Å². The van der Waals surface area contributed by atoms with Gasteiger partial charge < -0.3 is 8.97 Å². The van der Waals surface area contributed by atoms with Crippen molar-refractivity contribution in [1.29, 1.82) is 0 Å². The molecule has 0 atom stereocenters. The van der Waals surface area contributed by atoms with Crippen LogP contribution in [0.5, 0.6) is 0 Å². The second-order valence-corrected chi connectivity index (χ2v) is 12.0. The lowest BCUT2D eigenvalue weighted by molar-refractivity contribution is 1.13. The van der Waals surface area contributed by atoms with Crippen LogP contribution in [0.3, 0.4) is 0 Å². The van der Waals surface area contributed by atoms with Crippen molar-refractivity contribution in [3.63, 3.8) is 0 Å². The highest BCUT2D eigenvalue weighted by Crippen LogP contribution is 2.46. The fraction of sp³-hybridized carbons (Fsp3) is 0. The van der Waals surface area contributed by atoms with Crippen LogP contribution in [-0.4, -0.2) is 18.5 Å². The summed E-state index contributed by atoms with van der Waals surface area (Å²) in [5, 5.41) is 10.1. The summed E-state index contributed by atoms with van der Waals surface area (Å²) in [6.07, 6.45) is 1.89. The van der Waals surface area contributed by atoms with Crippen LogP contribution in [-0.2, 0) is 0 Å². The molecule has 0 N–H and O–H groups in total. The Bertz CT molecular complexity index is 2970. The van der Waals surface area contributed by atoms with Crippen LogP contribution in [0.2, 0.25) is 0 Å². The smallest absolute Gasteiger partial charge is 0.145 e. The van der Waals surface area contributed by atoms with Crippen LogP contribution in [0, 0.1) is 0 Å². The molecule has 0 aliphatic rings. The summed E-state index contributed by atoms with van der Waals surface area (Å²) in [5.41, 5.74) is 10.6. The highest BCUT2D eigenvalue weighted by molar-refractivity contribution is 6.34. The van der Waals surface area contributed by atoms with Crippen LogP contribution in [0.1, 0.15) is 0 Å². The van der Waals surface area contributed by atoms with E-state index in [4.69, 9.17) is 4.98 Å². The number of pyridine rings is 1. The Labute approximate surface area is 256 Å². The Hall–Kier alpha value is -6.13. The average Bonchev–Trinajstić information content (AvgIpc) is 3.82. The van der Waals surface area contributed by atoms with Gasteiger partial charge in [0, 0.05) is 60.7 Å². The number of para-hydroxylation sites is 4. The average molecular weight is 573 g/mol. The van der Waals surface area contributed by atoms with Crippen molar-refractivity contribution in [2.75, 3.05) is 0 Å². The van der Waals surface area contributed by atoms with E-state index in [-0.39, 0.29) is 0 Å². The van der Waals surface area contributed by atoms with E-state index in [1.54, 1.807) is 0 Å². The van der Waals surface area contributed by atoms with Gasteiger partial charge >= 0.3 is 0 Å². The molecule has 0 unspecified atom stereocenters. The first kappa shape index (κ1) is 23.3. The monoisotopic (exact) mass is 572 g/mol. The van der Waals surface area contributed by atoms with Gasteiger partial charge in [-0.05, 0) is 66.7 Å². The summed E-state index contributed by atoms with van der Waals surface area (Å²) in [4.78, 5) is 4.85. The Morgan fingerprint density at radius 1 is 0.378 bits per heavy atom. The Kier molecular flexibility index (Phi) is 4.29. The van der Waals surface area contributed by atoms with Crippen molar-refractivity contribution in [2.24, 2.45) is 0 Å². The molecule has 0 amide bonds. The first-order chi connectivity index (χ1) is 22.4. The maximum Gasteiger partial charge on any atom is 0.145 e. The minimum atomic E-state index is 0.969. The van der Waals surface area contributed by atoms with Crippen molar-refractivity contribution in [3.05, 3.63) is 146 Å². The van der Waals surface area contributed by atoms with Gasteiger partial charge in [0.25, 0.3) is 0 Å². The van der Waals surface area contributed by atoms with Crippen LogP contribution in [0.4, 0.5) is 0 Å². The van der Waals surface area contributed by atoms with Gasteiger partial charge in [0.05, 0.1) is 33.1 Å². The summed E-state index contributed by atoms with van der Waals surface area (Å²) >= 11 is 0. The normalized spacial score (nSPS) is 12.4. The summed E-state index contributed by atoms with van der Waals surface area (Å²) in [6, 6.07) is 50.7. The third-order valence-electron chi connectivity index (χ3n) is 9.79. The molecule has 0 aliphatic heterocycles. The minimum Gasteiger partial charge on any atom is -0.309 e. The molecule has 0 radical (unpaired) electrons. The molecular weight excluding hydrogens is 548 g/mol. The van der Waals surface area contributed by atoms with E-state index in [1.165, 1.54) is 65.3 Å². The lowest BCUT2D eigenvalue weighted by Crippen LogP contribution is -1.96. The number of benzene rings is 6. The molecule has 0 bridgehead atoms. The highest BCUT2D eigenvalue weighted by Gasteiger charge is 2.24. The summed E-state index contributed by atoms with van der Waals surface area (Å²) < 4.78 is 7.24. The van der Waals surface area contributed by atoms with Crippen LogP contribution in [0.15, 0.2) is 146 Å². The lowest BCUT2D eigenvalue weighted by atomic mass is 10.0. The Balaban J connectivity index is 1.34. The van der Waals surface area contributed by atoms with Crippen LogP contribution in [0.25, 0.3) is 93.2 Å². The first-order valence-corrected chi connectivity index (χ1v) is 15.4. The zero-order valence-corrected chi connectivity index (χ0v) is 24.1. The van der Waals surface area contributed by atoms with Crippen LogP contribution >= 0.6 is 0 Å². The van der Waals surface area contributed by atoms with Gasteiger partial charge in [0.2, 0.25) is 0 Å². The third-order valence-corrected chi connectivity index (χ3v) is 9.79. The number of nitrogens with zero attached hydrogens (tertiary/aromatic N) is 4. The maximum atomic E-state index is 4.85. The first-order valence-electron chi connectivity index (χ1n) is 15.4. The predicted octanol–water partition coefficient (Wildman–Crippen LogP) is 10.4. The fourth-order valence-corrected chi connectivity index (χ4v) is 8.04. The molecule has 0 fully saturated rings. The van der Waals surface area contributed by atoms with Gasteiger partial charge in [-0.3, -0.25) is 4.57 Å². The number of aromatic nitrogens is 4. The van der Waals surface area contributed by atoms with E-state index in [0.717, 1.165) is 27.9 Å². The second kappa shape index (κ2) is 8.28. The van der Waals surface area contributed by atoms with Crippen molar-refractivity contribution < 1.29 is 0 Å². The molecule has 4 heteroatoms. The largest absolute Gasteiger partial charge is 0.309 e. The van der Waals surface area contributed by atoms with Gasteiger partial charge in [-0.25, -0.2) is 4.98 Å². The number of hydrogen-bond donors (Lipinski definition) is 0. The highest BCUT2D eigenvalue weighted by atomic mass is 15.0. The number of hydrogen-bond acceptors (Lipinski definition) is 1. The molecule has 6 aromatic carbocycles. The molecule has 208 valence electrons. The van der Waals surface area contributed by atoms with Crippen molar-refractivity contribution in [1.82, 2.24) is 18.5 Å². The number of fused-ring (bicyclic) bond motifs is 13. The van der Waals surface area contributed by atoms with Gasteiger partial charge in [-0.15, -0.1) is 0 Å².